The van der Waals surface area contributed by atoms with Gasteiger partial charge in [-0.05, 0) is 13.3 Å². The average molecular weight is 136 g/mol. The molecule has 0 saturated carbocycles. The molecule has 0 aromatic rings. The molecule has 0 bridgehead atoms. The van der Waals surface area contributed by atoms with Crippen LogP contribution in [-0.2, 0) is 0 Å². The lowest BCUT2D eigenvalue weighted by molar-refractivity contribution is 0.148. The highest BCUT2D eigenvalue weighted by atomic mass is 16.4. The number of hydrogen-bond acceptors (Lipinski definition) is 4. The minimum atomic E-state index is -0.750. The summed E-state index contributed by atoms with van der Waals surface area (Å²) in [6.07, 6.45) is 0.134. The molecule has 0 fully saturated rings. The molecule has 0 aliphatic heterocycles. The Bertz CT molecular complexity index is 41.5. The van der Waals surface area contributed by atoms with Crippen molar-refractivity contribution in [3.63, 3.8) is 0 Å². The van der Waals surface area contributed by atoms with E-state index < -0.39 is 7.69 Å². The van der Waals surface area contributed by atoms with E-state index in [1.54, 1.807) is 6.92 Å². The van der Waals surface area contributed by atoms with Gasteiger partial charge in [-0.2, -0.15) is 0 Å². The molecule has 0 radical (unpaired) electrons. The summed E-state index contributed by atoms with van der Waals surface area (Å²) in [5, 5.41) is 30.7. The van der Waals surface area contributed by atoms with E-state index in [0.717, 1.165) is 0 Å². The van der Waals surface area contributed by atoms with Gasteiger partial charge in [-0.3, -0.25) is 0 Å². The molecular weight excluding hydrogens is 123 g/mol. The highest BCUT2D eigenvalue weighted by Gasteiger charge is 1.88. The third-order valence-corrected chi connectivity index (χ3v) is 0.547. The largest absolute Gasteiger partial charge is 0.432 e. The van der Waals surface area contributed by atoms with Crippen molar-refractivity contribution in [2.24, 2.45) is 0 Å². The van der Waals surface area contributed by atoms with Crippen molar-refractivity contribution < 1.29 is 20.3 Å². The van der Waals surface area contributed by atoms with Crippen LogP contribution >= 0.6 is 0 Å². The van der Waals surface area contributed by atoms with Crippen LogP contribution in [0, 0.1) is 0 Å². The molecule has 0 saturated heterocycles. The minimum absolute atomic E-state index is 0.0810. The van der Waals surface area contributed by atoms with Crippen molar-refractivity contribution in [2.45, 2.75) is 19.4 Å². The van der Waals surface area contributed by atoms with Crippen molar-refractivity contribution in [3.8, 4) is 0 Å². The molecular formula is C4H13BO4. The van der Waals surface area contributed by atoms with Gasteiger partial charge in [0, 0.05) is 6.61 Å². The van der Waals surface area contributed by atoms with Gasteiger partial charge in [0.15, 0.2) is 0 Å². The van der Waals surface area contributed by atoms with Gasteiger partial charge in [0.1, 0.15) is 0 Å². The molecule has 4 nitrogen and oxygen atoms in total. The predicted molar refractivity (Wildman–Crippen MR) is 35.0 cm³/mol. The topological polar surface area (TPSA) is 80.9 Å². The Labute approximate surface area is 55.1 Å². The fourth-order valence-corrected chi connectivity index (χ4v) is 0.187. The lowest BCUT2D eigenvalue weighted by Crippen LogP contribution is -2.00. The quantitative estimate of drug-likeness (QED) is 0.330. The first-order valence-corrected chi connectivity index (χ1v) is 2.69. The van der Waals surface area contributed by atoms with Crippen LogP contribution in [0.2, 0.25) is 0 Å². The van der Waals surface area contributed by atoms with E-state index in [1.165, 1.54) is 0 Å². The maximum Gasteiger partial charge on any atom is 0.432 e. The second kappa shape index (κ2) is 10.8. The Kier molecular flexibility index (Phi) is 14.0. The van der Waals surface area contributed by atoms with Gasteiger partial charge in [0.05, 0.1) is 6.10 Å². The molecule has 0 aliphatic rings. The van der Waals surface area contributed by atoms with Crippen LogP contribution in [0.1, 0.15) is 13.3 Å². The Morgan fingerprint density at radius 1 is 1.44 bits per heavy atom. The van der Waals surface area contributed by atoms with Gasteiger partial charge in [-0.1, -0.05) is 0 Å². The fourth-order valence-electron chi connectivity index (χ4n) is 0.187. The SMILES string of the molecule is CC(O)CCO.OBO. The van der Waals surface area contributed by atoms with Gasteiger partial charge in [-0.25, -0.2) is 0 Å². The zero-order valence-corrected chi connectivity index (χ0v) is 5.49. The molecule has 1 atom stereocenters. The Morgan fingerprint density at radius 3 is 1.78 bits per heavy atom. The summed E-state index contributed by atoms with van der Waals surface area (Å²) >= 11 is 0. The van der Waals surface area contributed by atoms with E-state index >= 15 is 0 Å². The third kappa shape index (κ3) is 32.7. The number of hydrogen-bond donors (Lipinski definition) is 4. The first-order chi connectivity index (χ1) is 4.18. The summed E-state index contributed by atoms with van der Waals surface area (Å²) in [4.78, 5) is 0. The van der Waals surface area contributed by atoms with Crippen LogP contribution in [0.25, 0.3) is 0 Å². The van der Waals surface area contributed by atoms with Crippen LogP contribution in [0.3, 0.4) is 0 Å². The summed E-state index contributed by atoms with van der Waals surface area (Å²) in [5.41, 5.74) is 0. The van der Waals surface area contributed by atoms with Gasteiger partial charge < -0.3 is 20.3 Å². The summed E-state index contributed by atoms with van der Waals surface area (Å²) in [6, 6.07) is 0. The van der Waals surface area contributed by atoms with Crippen LogP contribution < -0.4 is 0 Å². The van der Waals surface area contributed by atoms with E-state index in [-0.39, 0.29) is 12.7 Å². The molecule has 0 heterocycles. The Balaban J connectivity index is 0. The molecule has 1 unspecified atom stereocenters. The van der Waals surface area contributed by atoms with E-state index in [0.29, 0.717) is 6.42 Å². The Hall–Kier alpha value is -0.0951. The second-order valence-corrected chi connectivity index (χ2v) is 1.50. The van der Waals surface area contributed by atoms with Gasteiger partial charge in [0.25, 0.3) is 0 Å². The zero-order valence-electron chi connectivity index (χ0n) is 5.49. The summed E-state index contributed by atoms with van der Waals surface area (Å²) in [7, 11) is -0.750. The standard InChI is InChI=1S/C4H10O2.BH3O2/c1-4(6)2-3-5;2-1-3/h4-6H,2-3H2,1H3;1-3H. The molecule has 0 spiro atoms. The third-order valence-electron chi connectivity index (χ3n) is 0.547. The minimum Gasteiger partial charge on any atom is -0.430 e. The first kappa shape index (κ1) is 11.7. The van der Waals surface area contributed by atoms with Crippen molar-refractivity contribution >= 4 is 7.69 Å². The van der Waals surface area contributed by atoms with Gasteiger partial charge >= 0.3 is 7.69 Å². The second-order valence-electron chi connectivity index (χ2n) is 1.50. The maximum absolute atomic E-state index is 8.39. The zero-order chi connectivity index (χ0) is 7.70. The van der Waals surface area contributed by atoms with Crippen molar-refractivity contribution in [3.05, 3.63) is 0 Å². The molecule has 4 N–H and O–H groups in total. The summed E-state index contributed by atoms with van der Waals surface area (Å²) < 4.78 is 0. The molecule has 0 aromatic carbocycles. The molecule has 56 valence electrons. The van der Waals surface area contributed by atoms with Crippen LogP contribution in [0.5, 0.6) is 0 Å². The number of aliphatic hydroxyl groups excluding tert-OH is 2. The van der Waals surface area contributed by atoms with E-state index in [4.69, 9.17) is 20.3 Å². The summed E-state index contributed by atoms with van der Waals surface area (Å²) in [5.74, 6) is 0. The first-order valence-electron chi connectivity index (χ1n) is 2.69. The number of rotatable bonds is 2. The lowest BCUT2D eigenvalue weighted by atomic mass is 10.3. The molecule has 0 aromatic heterocycles. The average Bonchev–Trinajstić information content (AvgIpc) is 1.67. The van der Waals surface area contributed by atoms with Gasteiger partial charge in [-0.15, -0.1) is 0 Å². The highest BCUT2D eigenvalue weighted by Crippen LogP contribution is 1.83. The molecule has 0 rings (SSSR count). The van der Waals surface area contributed by atoms with Crippen molar-refractivity contribution in [1.29, 1.82) is 0 Å². The van der Waals surface area contributed by atoms with Crippen LogP contribution in [0.4, 0.5) is 0 Å². The molecule has 0 aliphatic carbocycles. The monoisotopic (exact) mass is 136 g/mol. The van der Waals surface area contributed by atoms with Gasteiger partial charge in [0.2, 0.25) is 0 Å². The van der Waals surface area contributed by atoms with Crippen molar-refractivity contribution in [1.82, 2.24) is 0 Å². The Morgan fingerprint density at radius 2 is 1.78 bits per heavy atom. The fraction of sp³-hybridized carbons (Fsp3) is 1.00. The highest BCUT2D eigenvalue weighted by molar-refractivity contribution is 6.13. The van der Waals surface area contributed by atoms with E-state index in [9.17, 15) is 0 Å². The normalized spacial score (nSPS) is 11.2. The molecule has 0 amide bonds. The summed E-state index contributed by atoms with van der Waals surface area (Å²) in [6.45, 7) is 1.73. The predicted octanol–water partition coefficient (Wildman–Crippen LogP) is -2.01. The molecule has 5 heteroatoms. The smallest absolute Gasteiger partial charge is 0.430 e. The van der Waals surface area contributed by atoms with E-state index in [1.807, 2.05) is 0 Å². The maximum atomic E-state index is 8.39. The number of aliphatic hydroxyl groups is 2. The van der Waals surface area contributed by atoms with Crippen LogP contribution in [0.15, 0.2) is 0 Å². The molecule has 9 heavy (non-hydrogen) atoms. The lowest BCUT2D eigenvalue weighted by Gasteiger charge is -1.95. The van der Waals surface area contributed by atoms with E-state index in [2.05, 4.69) is 0 Å². The van der Waals surface area contributed by atoms with Crippen molar-refractivity contribution in [2.75, 3.05) is 6.61 Å². The van der Waals surface area contributed by atoms with Crippen LogP contribution in [-0.4, -0.2) is 40.7 Å².